The van der Waals surface area contributed by atoms with E-state index in [0.29, 0.717) is 6.61 Å². The highest BCUT2D eigenvalue weighted by Gasteiger charge is 2.01. The number of hydrogen-bond donors (Lipinski definition) is 1. The van der Waals surface area contributed by atoms with E-state index in [4.69, 9.17) is 4.74 Å². The molecular formula is C17H27NO2. The van der Waals surface area contributed by atoms with Crippen molar-refractivity contribution < 1.29 is 9.53 Å². The monoisotopic (exact) mass is 277 g/mol. The van der Waals surface area contributed by atoms with Gasteiger partial charge in [0.15, 0.2) is 0 Å². The fraction of sp³-hybridized carbons (Fsp3) is 0.588. The Balaban J connectivity index is 1.92. The van der Waals surface area contributed by atoms with Gasteiger partial charge in [-0.15, -0.1) is 0 Å². The van der Waals surface area contributed by atoms with Gasteiger partial charge in [0, 0.05) is 5.69 Å². The lowest BCUT2D eigenvalue weighted by Gasteiger charge is -2.06. The van der Waals surface area contributed by atoms with E-state index in [1.165, 1.54) is 38.5 Å². The lowest BCUT2D eigenvalue weighted by Crippen LogP contribution is -2.14. The average Bonchev–Trinajstić information content (AvgIpc) is 2.46. The summed E-state index contributed by atoms with van der Waals surface area (Å²) >= 11 is 0. The topological polar surface area (TPSA) is 38.3 Å². The van der Waals surface area contributed by atoms with Crippen molar-refractivity contribution in [3.8, 4) is 0 Å². The molecule has 0 bridgehead atoms. The lowest BCUT2D eigenvalue weighted by molar-refractivity contribution is 0.159. The Hall–Kier alpha value is -1.51. The van der Waals surface area contributed by atoms with Crippen LogP contribution >= 0.6 is 0 Å². The van der Waals surface area contributed by atoms with Crippen molar-refractivity contribution in [2.75, 3.05) is 11.9 Å². The first-order valence-corrected chi connectivity index (χ1v) is 7.81. The minimum absolute atomic E-state index is 0.362. The predicted octanol–water partition coefficient (Wildman–Crippen LogP) is 5.38. The maximum atomic E-state index is 11.5. The van der Waals surface area contributed by atoms with Gasteiger partial charge in [-0.05, 0) is 18.6 Å². The van der Waals surface area contributed by atoms with Crippen LogP contribution in [-0.4, -0.2) is 12.7 Å². The SMILES string of the molecule is CCCCCCCCCCOC(=O)Nc1ccccc1. The van der Waals surface area contributed by atoms with E-state index in [1.54, 1.807) is 0 Å². The van der Waals surface area contributed by atoms with Crippen LogP contribution < -0.4 is 5.32 Å². The van der Waals surface area contributed by atoms with Gasteiger partial charge < -0.3 is 4.74 Å². The molecule has 0 saturated carbocycles. The quantitative estimate of drug-likeness (QED) is 0.583. The second-order valence-electron chi connectivity index (χ2n) is 5.10. The van der Waals surface area contributed by atoms with Gasteiger partial charge in [-0.3, -0.25) is 5.32 Å². The molecule has 0 atom stereocenters. The fourth-order valence-electron chi connectivity index (χ4n) is 2.08. The highest BCUT2D eigenvalue weighted by molar-refractivity contribution is 5.84. The van der Waals surface area contributed by atoms with Crippen molar-refractivity contribution in [3.63, 3.8) is 0 Å². The number of rotatable bonds is 10. The molecule has 0 aromatic heterocycles. The van der Waals surface area contributed by atoms with Crippen LogP contribution in [0.25, 0.3) is 0 Å². The van der Waals surface area contributed by atoms with Crippen LogP contribution in [0.1, 0.15) is 58.3 Å². The third-order valence-corrected chi connectivity index (χ3v) is 3.25. The van der Waals surface area contributed by atoms with Crippen LogP contribution in [0.5, 0.6) is 0 Å². The Morgan fingerprint density at radius 3 is 2.20 bits per heavy atom. The maximum absolute atomic E-state index is 11.5. The Morgan fingerprint density at radius 2 is 1.55 bits per heavy atom. The number of nitrogens with one attached hydrogen (secondary N) is 1. The zero-order chi connectivity index (χ0) is 14.5. The largest absolute Gasteiger partial charge is 0.449 e. The minimum atomic E-state index is -0.362. The van der Waals surface area contributed by atoms with Crippen molar-refractivity contribution in [2.24, 2.45) is 0 Å². The molecule has 0 heterocycles. The molecule has 0 spiro atoms. The second kappa shape index (κ2) is 11.3. The number of unbranched alkanes of at least 4 members (excludes halogenated alkanes) is 7. The van der Waals surface area contributed by atoms with Crippen LogP contribution in [0.3, 0.4) is 0 Å². The molecule has 112 valence electrons. The van der Waals surface area contributed by atoms with Gasteiger partial charge in [0.2, 0.25) is 0 Å². The van der Waals surface area contributed by atoms with Crippen molar-refractivity contribution in [1.82, 2.24) is 0 Å². The predicted molar refractivity (Wildman–Crippen MR) is 84.0 cm³/mol. The lowest BCUT2D eigenvalue weighted by atomic mass is 10.1. The van der Waals surface area contributed by atoms with Crippen LogP contribution in [0.4, 0.5) is 10.5 Å². The molecule has 0 aliphatic heterocycles. The molecule has 1 rings (SSSR count). The zero-order valence-corrected chi connectivity index (χ0v) is 12.6. The molecule has 0 unspecified atom stereocenters. The van der Waals surface area contributed by atoms with E-state index in [1.807, 2.05) is 30.3 Å². The van der Waals surface area contributed by atoms with Crippen molar-refractivity contribution in [2.45, 2.75) is 58.3 Å². The Kier molecular flexibility index (Phi) is 9.37. The second-order valence-corrected chi connectivity index (χ2v) is 5.10. The van der Waals surface area contributed by atoms with Gasteiger partial charge in [0.1, 0.15) is 0 Å². The zero-order valence-electron chi connectivity index (χ0n) is 12.6. The normalized spacial score (nSPS) is 10.2. The number of hydrogen-bond acceptors (Lipinski definition) is 2. The third kappa shape index (κ3) is 8.57. The number of carbonyl (C=O) groups excluding carboxylic acids is 1. The Bertz CT molecular complexity index is 351. The van der Waals surface area contributed by atoms with Crippen molar-refractivity contribution >= 4 is 11.8 Å². The summed E-state index contributed by atoms with van der Waals surface area (Å²) in [6, 6.07) is 9.37. The first kappa shape index (κ1) is 16.5. The van der Waals surface area contributed by atoms with Gasteiger partial charge in [0.05, 0.1) is 6.61 Å². The van der Waals surface area contributed by atoms with Crippen LogP contribution in [0.15, 0.2) is 30.3 Å². The number of carbonyl (C=O) groups is 1. The molecule has 0 radical (unpaired) electrons. The molecule has 1 N–H and O–H groups in total. The molecule has 1 aromatic rings. The molecule has 0 saturated heterocycles. The van der Waals surface area contributed by atoms with Crippen molar-refractivity contribution in [3.05, 3.63) is 30.3 Å². The molecule has 0 fully saturated rings. The Morgan fingerprint density at radius 1 is 0.950 bits per heavy atom. The summed E-state index contributed by atoms with van der Waals surface area (Å²) in [5.41, 5.74) is 0.772. The molecule has 1 amide bonds. The van der Waals surface area contributed by atoms with Gasteiger partial charge in [-0.1, -0.05) is 70.1 Å². The summed E-state index contributed by atoms with van der Waals surface area (Å²) in [6.45, 7) is 2.74. The van der Waals surface area contributed by atoms with E-state index in [0.717, 1.165) is 18.5 Å². The molecule has 3 heteroatoms. The van der Waals surface area contributed by atoms with Crippen LogP contribution in [0, 0.1) is 0 Å². The number of benzene rings is 1. The summed E-state index contributed by atoms with van der Waals surface area (Å²) in [4.78, 5) is 11.5. The summed E-state index contributed by atoms with van der Waals surface area (Å²) in [5.74, 6) is 0. The molecule has 1 aromatic carbocycles. The smallest absolute Gasteiger partial charge is 0.411 e. The third-order valence-electron chi connectivity index (χ3n) is 3.25. The van der Waals surface area contributed by atoms with Gasteiger partial charge in [-0.2, -0.15) is 0 Å². The number of amides is 1. The van der Waals surface area contributed by atoms with Gasteiger partial charge in [-0.25, -0.2) is 4.79 Å². The van der Waals surface area contributed by atoms with E-state index in [-0.39, 0.29) is 6.09 Å². The summed E-state index contributed by atoms with van der Waals surface area (Å²) in [6.07, 6.45) is 9.62. The minimum Gasteiger partial charge on any atom is -0.449 e. The summed E-state index contributed by atoms with van der Waals surface area (Å²) in [5, 5.41) is 2.71. The number of para-hydroxylation sites is 1. The first-order chi connectivity index (χ1) is 9.83. The van der Waals surface area contributed by atoms with E-state index in [2.05, 4.69) is 12.2 Å². The molecule has 0 aliphatic carbocycles. The standard InChI is InChI=1S/C17H27NO2/c1-2-3-4-5-6-7-8-12-15-20-17(19)18-16-13-10-9-11-14-16/h9-11,13-14H,2-8,12,15H2,1H3,(H,18,19). The van der Waals surface area contributed by atoms with Crippen LogP contribution in [-0.2, 0) is 4.74 Å². The van der Waals surface area contributed by atoms with E-state index in [9.17, 15) is 4.79 Å². The maximum Gasteiger partial charge on any atom is 0.411 e. The molecule has 20 heavy (non-hydrogen) atoms. The van der Waals surface area contributed by atoms with Gasteiger partial charge >= 0.3 is 6.09 Å². The highest BCUT2D eigenvalue weighted by Crippen LogP contribution is 2.09. The van der Waals surface area contributed by atoms with Crippen LogP contribution in [0.2, 0.25) is 0 Å². The fourth-order valence-corrected chi connectivity index (χ4v) is 2.08. The number of anilines is 1. The first-order valence-electron chi connectivity index (χ1n) is 7.81. The van der Waals surface area contributed by atoms with E-state index < -0.39 is 0 Å². The van der Waals surface area contributed by atoms with Crippen molar-refractivity contribution in [1.29, 1.82) is 0 Å². The van der Waals surface area contributed by atoms with E-state index >= 15 is 0 Å². The Labute approximate surface area is 122 Å². The average molecular weight is 277 g/mol. The number of ether oxygens (including phenoxy) is 1. The molecule has 3 nitrogen and oxygen atoms in total. The molecular weight excluding hydrogens is 250 g/mol. The summed E-state index contributed by atoms with van der Waals surface area (Å²) in [7, 11) is 0. The molecule has 0 aliphatic rings. The van der Waals surface area contributed by atoms with Gasteiger partial charge in [0.25, 0.3) is 0 Å². The summed E-state index contributed by atoms with van der Waals surface area (Å²) < 4.78 is 5.14. The highest BCUT2D eigenvalue weighted by atomic mass is 16.5.